The molecule has 1 heterocycles. The third-order valence-electron chi connectivity index (χ3n) is 2.75. The van der Waals surface area contributed by atoms with Crippen LogP contribution in [-0.2, 0) is 12.7 Å². The van der Waals surface area contributed by atoms with Crippen LogP contribution in [0.25, 0.3) is 0 Å². The number of benzene rings is 1. The van der Waals surface area contributed by atoms with E-state index in [1.807, 2.05) is 22.6 Å². The molecule has 0 atom stereocenters. The van der Waals surface area contributed by atoms with Crippen molar-refractivity contribution in [1.29, 1.82) is 0 Å². The number of aromatic carboxylic acids is 1. The Morgan fingerprint density at radius 3 is 2.55 bits per heavy atom. The normalized spacial score (nSPS) is 11.6. The third kappa shape index (κ3) is 3.14. The molecule has 0 unspecified atom stereocenters. The van der Waals surface area contributed by atoms with Crippen LogP contribution in [0.2, 0.25) is 0 Å². The average Bonchev–Trinajstić information content (AvgIpc) is 2.70. The van der Waals surface area contributed by atoms with Crippen molar-refractivity contribution < 1.29 is 23.1 Å². The lowest BCUT2D eigenvalue weighted by Crippen LogP contribution is -2.14. The van der Waals surface area contributed by atoms with Gasteiger partial charge < -0.3 is 9.67 Å². The van der Waals surface area contributed by atoms with E-state index in [4.69, 9.17) is 5.11 Å². The third-order valence-corrected chi connectivity index (χ3v) is 3.34. The predicted molar refractivity (Wildman–Crippen MR) is 74.7 cm³/mol. The molecule has 1 aromatic heterocycles. The fraction of sp³-hybridized carbons (Fsp3) is 0.154. The van der Waals surface area contributed by atoms with Gasteiger partial charge in [0.25, 0.3) is 0 Å². The lowest BCUT2D eigenvalue weighted by atomic mass is 10.1. The second-order valence-electron chi connectivity index (χ2n) is 4.13. The SMILES string of the molecule is O=C(O)c1cc(I)cn1Cc1ccccc1C(F)(F)F. The second-order valence-corrected chi connectivity index (χ2v) is 5.38. The number of halogens is 4. The number of alkyl halides is 3. The molecule has 0 aliphatic rings. The Kier molecular flexibility index (Phi) is 4.07. The van der Waals surface area contributed by atoms with Crippen molar-refractivity contribution in [2.45, 2.75) is 12.7 Å². The van der Waals surface area contributed by atoms with Crippen molar-refractivity contribution in [3.63, 3.8) is 0 Å². The number of carboxylic acids is 1. The minimum atomic E-state index is -4.46. The molecule has 0 aliphatic heterocycles. The van der Waals surface area contributed by atoms with Crippen molar-refractivity contribution in [2.24, 2.45) is 0 Å². The van der Waals surface area contributed by atoms with Crippen LogP contribution < -0.4 is 0 Å². The largest absolute Gasteiger partial charge is 0.477 e. The van der Waals surface area contributed by atoms with Crippen LogP contribution in [0, 0.1) is 3.57 Å². The molecular weight excluding hydrogens is 386 g/mol. The van der Waals surface area contributed by atoms with Gasteiger partial charge in [0.05, 0.1) is 5.56 Å². The number of aromatic nitrogens is 1. The van der Waals surface area contributed by atoms with E-state index >= 15 is 0 Å². The maximum atomic E-state index is 12.9. The van der Waals surface area contributed by atoms with Crippen molar-refractivity contribution in [3.8, 4) is 0 Å². The molecule has 3 nitrogen and oxygen atoms in total. The van der Waals surface area contributed by atoms with Gasteiger partial charge in [0.2, 0.25) is 0 Å². The molecule has 1 N–H and O–H groups in total. The summed E-state index contributed by atoms with van der Waals surface area (Å²) in [6.07, 6.45) is -2.95. The van der Waals surface area contributed by atoms with Gasteiger partial charge in [-0.25, -0.2) is 4.79 Å². The lowest BCUT2D eigenvalue weighted by Gasteiger charge is -2.14. The van der Waals surface area contributed by atoms with Gasteiger partial charge in [0.1, 0.15) is 5.69 Å². The summed E-state index contributed by atoms with van der Waals surface area (Å²) in [6.45, 7) is -0.139. The highest BCUT2D eigenvalue weighted by Crippen LogP contribution is 2.32. The van der Waals surface area contributed by atoms with Crippen LogP contribution in [0.15, 0.2) is 36.5 Å². The van der Waals surface area contributed by atoms with Crippen LogP contribution in [0.4, 0.5) is 13.2 Å². The van der Waals surface area contributed by atoms with Gasteiger partial charge in [0.15, 0.2) is 0 Å². The fourth-order valence-electron chi connectivity index (χ4n) is 1.90. The fourth-order valence-corrected chi connectivity index (χ4v) is 2.53. The number of carbonyl (C=O) groups is 1. The van der Waals surface area contributed by atoms with E-state index < -0.39 is 17.7 Å². The summed E-state index contributed by atoms with van der Waals surface area (Å²) >= 11 is 1.92. The maximum absolute atomic E-state index is 12.9. The number of nitrogens with zero attached hydrogens (tertiary/aromatic N) is 1. The first-order valence-corrected chi connectivity index (χ1v) is 6.61. The molecular formula is C13H9F3INO2. The molecule has 0 radical (unpaired) electrons. The zero-order chi connectivity index (χ0) is 14.9. The molecule has 0 spiro atoms. The first kappa shape index (κ1) is 14.9. The highest BCUT2D eigenvalue weighted by atomic mass is 127. The van der Waals surface area contributed by atoms with Crippen molar-refractivity contribution in [3.05, 3.63) is 56.9 Å². The molecule has 0 saturated carbocycles. The van der Waals surface area contributed by atoms with Gasteiger partial charge in [-0.15, -0.1) is 0 Å². The molecule has 20 heavy (non-hydrogen) atoms. The smallest absolute Gasteiger partial charge is 0.416 e. The molecule has 1 aromatic carbocycles. The van der Waals surface area contributed by atoms with Gasteiger partial charge >= 0.3 is 12.1 Å². The van der Waals surface area contributed by atoms with Crippen LogP contribution >= 0.6 is 22.6 Å². The highest BCUT2D eigenvalue weighted by Gasteiger charge is 2.33. The monoisotopic (exact) mass is 395 g/mol. The summed E-state index contributed by atoms with van der Waals surface area (Å²) < 4.78 is 40.6. The molecule has 0 saturated heterocycles. The summed E-state index contributed by atoms with van der Waals surface area (Å²) in [6, 6.07) is 6.56. The van der Waals surface area contributed by atoms with Crippen LogP contribution in [-0.4, -0.2) is 15.6 Å². The summed E-state index contributed by atoms with van der Waals surface area (Å²) in [5.74, 6) is -1.17. The van der Waals surface area contributed by atoms with Crippen LogP contribution in [0.5, 0.6) is 0 Å². The quantitative estimate of drug-likeness (QED) is 0.803. The minimum absolute atomic E-state index is 0.0358. The Bertz CT molecular complexity index is 649. The Balaban J connectivity index is 2.43. The standard InChI is InChI=1S/C13H9F3INO2/c14-13(15,16)10-4-2-1-3-8(10)6-18-7-9(17)5-11(18)12(19)20/h1-5,7H,6H2,(H,19,20). The Morgan fingerprint density at radius 2 is 1.95 bits per heavy atom. The van der Waals surface area contributed by atoms with Gasteiger partial charge in [-0.2, -0.15) is 13.2 Å². The number of hydrogen-bond acceptors (Lipinski definition) is 1. The first-order valence-electron chi connectivity index (χ1n) is 5.53. The van der Waals surface area contributed by atoms with E-state index in [0.717, 1.165) is 6.07 Å². The topological polar surface area (TPSA) is 42.2 Å². The van der Waals surface area contributed by atoms with Crippen LogP contribution in [0.3, 0.4) is 0 Å². The number of carboxylic acid groups (broad SMARTS) is 1. The highest BCUT2D eigenvalue weighted by molar-refractivity contribution is 14.1. The summed E-state index contributed by atoms with van der Waals surface area (Å²) in [5, 5.41) is 9.04. The molecule has 106 valence electrons. The van der Waals surface area contributed by atoms with Crippen molar-refractivity contribution in [1.82, 2.24) is 4.57 Å². The molecule has 0 aliphatic carbocycles. The van der Waals surface area contributed by atoms with E-state index in [9.17, 15) is 18.0 Å². The summed E-state index contributed by atoms with van der Waals surface area (Å²) in [7, 11) is 0. The molecule has 7 heteroatoms. The lowest BCUT2D eigenvalue weighted by molar-refractivity contribution is -0.138. The van der Waals surface area contributed by atoms with Crippen molar-refractivity contribution >= 4 is 28.6 Å². The molecule has 0 bridgehead atoms. The Hall–Kier alpha value is -1.51. The van der Waals surface area contributed by atoms with Gasteiger partial charge in [-0.05, 0) is 40.3 Å². The number of rotatable bonds is 3. The first-order chi connectivity index (χ1) is 9.29. The second kappa shape index (κ2) is 5.47. The Morgan fingerprint density at radius 1 is 1.30 bits per heavy atom. The molecule has 0 fully saturated rings. The summed E-state index contributed by atoms with van der Waals surface area (Å²) in [4.78, 5) is 11.1. The molecule has 0 amide bonds. The van der Waals surface area contributed by atoms with E-state index in [0.29, 0.717) is 3.57 Å². The van der Waals surface area contributed by atoms with Crippen molar-refractivity contribution in [2.75, 3.05) is 0 Å². The van der Waals surface area contributed by atoms with E-state index in [2.05, 4.69) is 0 Å². The maximum Gasteiger partial charge on any atom is 0.416 e. The molecule has 2 rings (SSSR count). The predicted octanol–water partition coefficient (Wildman–Crippen LogP) is 3.86. The van der Waals surface area contributed by atoms with E-state index in [-0.39, 0.29) is 17.8 Å². The van der Waals surface area contributed by atoms with Gasteiger partial charge in [-0.1, -0.05) is 18.2 Å². The minimum Gasteiger partial charge on any atom is -0.477 e. The van der Waals surface area contributed by atoms with Gasteiger partial charge in [-0.3, -0.25) is 0 Å². The van der Waals surface area contributed by atoms with Crippen LogP contribution in [0.1, 0.15) is 21.6 Å². The van der Waals surface area contributed by atoms with Gasteiger partial charge in [0, 0.05) is 16.3 Å². The van der Waals surface area contributed by atoms with E-state index in [1.165, 1.54) is 35.0 Å². The Labute approximate surface area is 126 Å². The zero-order valence-electron chi connectivity index (χ0n) is 9.99. The zero-order valence-corrected chi connectivity index (χ0v) is 12.1. The average molecular weight is 395 g/mol. The summed E-state index contributed by atoms with van der Waals surface area (Å²) in [5.41, 5.74) is -0.749. The molecule has 2 aromatic rings. The number of hydrogen-bond donors (Lipinski definition) is 1. The van der Waals surface area contributed by atoms with E-state index in [1.54, 1.807) is 0 Å².